The van der Waals surface area contributed by atoms with E-state index >= 15 is 0 Å². The maximum absolute atomic E-state index is 13.7. The quantitative estimate of drug-likeness (QED) is 0.737. The number of nitrogens with one attached hydrogen (secondary N) is 1. The van der Waals surface area contributed by atoms with Crippen LogP contribution in [0.4, 0.5) is 4.39 Å². The maximum Gasteiger partial charge on any atom is 0.223 e. The molecular formula is C22H29FN2O4S. The second-order valence-electron chi connectivity index (χ2n) is 10.2. The van der Waals surface area contributed by atoms with E-state index in [1.54, 1.807) is 4.90 Å². The van der Waals surface area contributed by atoms with Crippen molar-refractivity contribution in [1.29, 1.82) is 0 Å². The van der Waals surface area contributed by atoms with Gasteiger partial charge in [-0.1, -0.05) is 12.1 Å². The van der Waals surface area contributed by atoms with Crippen molar-refractivity contribution in [2.75, 3.05) is 19.3 Å². The zero-order valence-corrected chi connectivity index (χ0v) is 18.0. The van der Waals surface area contributed by atoms with Gasteiger partial charge in [0.05, 0.1) is 17.9 Å². The molecule has 8 heteroatoms. The lowest BCUT2D eigenvalue weighted by Gasteiger charge is -2.64. The standard InChI is InChI=1S/C22H29FN2O4S/c1-30(28,29)24-19-12-25(13-19)20(26)11-22(15-2-4-18(23)5-3-15)16-6-14-7-17(22)10-21(27,8-14)9-16/h2-5,14,16-17,19,24,27H,6-13H2,1H3. The van der Waals surface area contributed by atoms with Crippen LogP contribution in [0.25, 0.3) is 0 Å². The van der Waals surface area contributed by atoms with Gasteiger partial charge in [-0.05, 0) is 67.6 Å². The molecule has 2 N–H and O–H groups in total. The Labute approximate surface area is 176 Å². The molecule has 5 aliphatic rings. The average Bonchev–Trinajstić information content (AvgIpc) is 2.59. The molecule has 4 bridgehead atoms. The van der Waals surface area contributed by atoms with Crippen LogP contribution in [0.15, 0.2) is 24.3 Å². The number of rotatable bonds is 5. The highest BCUT2D eigenvalue weighted by Crippen LogP contribution is 2.65. The molecule has 1 heterocycles. The third-order valence-corrected chi connectivity index (χ3v) is 8.82. The van der Waals surface area contributed by atoms with E-state index in [1.165, 1.54) is 12.1 Å². The van der Waals surface area contributed by atoms with Crippen molar-refractivity contribution in [2.45, 2.75) is 55.6 Å². The van der Waals surface area contributed by atoms with E-state index < -0.39 is 15.6 Å². The topological polar surface area (TPSA) is 86.7 Å². The van der Waals surface area contributed by atoms with Gasteiger partial charge in [0.2, 0.25) is 15.9 Å². The van der Waals surface area contributed by atoms with Crippen molar-refractivity contribution >= 4 is 15.9 Å². The molecule has 2 unspecified atom stereocenters. The van der Waals surface area contributed by atoms with E-state index in [1.807, 2.05) is 12.1 Å². The largest absolute Gasteiger partial charge is 0.390 e. The fourth-order valence-electron chi connectivity index (χ4n) is 7.10. The Kier molecular flexibility index (Phi) is 4.58. The molecular weight excluding hydrogens is 407 g/mol. The summed E-state index contributed by atoms with van der Waals surface area (Å²) in [6.45, 7) is 0.764. The lowest BCUT2D eigenvalue weighted by molar-refractivity contribution is -0.173. The number of likely N-dealkylation sites (tertiary alicyclic amines) is 1. The van der Waals surface area contributed by atoms with Gasteiger partial charge < -0.3 is 10.0 Å². The number of hydrogen-bond donors (Lipinski definition) is 2. The third-order valence-electron chi connectivity index (χ3n) is 8.05. The van der Waals surface area contributed by atoms with E-state index in [0.29, 0.717) is 38.3 Å². The number of carbonyl (C=O) groups excluding carboxylic acids is 1. The first-order valence-electron chi connectivity index (χ1n) is 10.8. The summed E-state index contributed by atoms with van der Waals surface area (Å²) >= 11 is 0. The summed E-state index contributed by atoms with van der Waals surface area (Å²) < 4.78 is 39.1. The van der Waals surface area contributed by atoms with Gasteiger partial charge in [0.1, 0.15) is 5.82 Å². The van der Waals surface area contributed by atoms with Gasteiger partial charge in [0, 0.05) is 24.9 Å². The van der Waals surface area contributed by atoms with Gasteiger partial charge >= 0.3 is 0 Å². The van der Waals surface area contributed by atoms with Gasteiger partial charge in [-0.25, -0.2) is 17.5 Å². The molecule has 1 saturated heterocycles. The number of hydrogen-bond acceptors (Lipinski definition) is 4. The Bertz CT molecular complexity index is 942. The predicted octanol–water partition coefficient (Wildman–Crippen LogP) is 1.78. The van der Waals surface area contributed by atoms with Crippen molar-refractivity contribution in [3.63, 3.8) is 0 Å². The summed E-state index contributed by atoms with van der Waals surface area (Å²) in [7, 11) is -3.29. The highest BCUT2D eigenvalue weighted by molar-refractivity contribution is 7.88. The average molecular weight is 437 g/mol. The van der Waals surface area contributed by atoms with Gasteiger partial charge in [-0.3, -0.25) is 4.79 Å². The van der Waals surface area contributed by atoms with Crippen molar-refractivity contribution in [2.24, 2.45) is 17.8 Å². The van der Waals surface area contributed by atoms with Crippen LogP contribution in [0.1, 0.15) is 44.1 Å². The highest BCUT2D eigenvalue weighted by Gasteiger charge is 2.63. The smallest absolute Gasteiger partial charge is 0.223 e. The molecule has 1 aromatic carbocycles. The van der Waals surface area contributed by atoms with Crippen LogP contribution in [0.2, 0.25) is 0 Å². The zero-order chi connectivity index (χ0) is 21.3. The number of sulfonamides is 1. The van der Waals surface area contributed by atoms with Crippen LogP contribution >= 0.6 is 0 Å². The first kappa shape index (κ1) is 20.4. The summed E-state index contributed by atoms with van der Waals surface area (Å²) in [5.41, 5.74) is -0.00542. The summed E-state index contributed by atoms with van der Waals surface area (Å²) in [4.78, 5) is 15.0. The number of amides is 1. The molecule has 4 saturated carbocycles. The Morgan fingerprint density at radius 1 is 1.17 bits per heavy atom. The Morgan fingerprint density at radius 3 is 2.30 bits per heavy atom. The normalized spacial score (nSPS) is 38.0. The fourth-order valence-corrected chi connectivity index (χ4v) is 7.86. The number of aliphatic hydroxyl groups is 1. The molecule has 0 radical (unpaired) electrons. The summed E-state index contributed by atoms with van der Waals surface area (Å²) in [6, 6.07) is 6.34. The fraction of sp³-hybridized carbons (Fsp3) is 0.682. The van der Waals surface area contributed by atoms with Crippen LogP contribution in [0.5, 0.6) is 0 Å². The molecule has 164 valence electrons. The van der Waals surface area contributed by atoms with Crippen molar-refractivity contribution in [3.8, 4) is 0 Å². The Hall–Kier alpha value is -1.51. The number of halogens is 1. The minimum atomic E-state index is -3.29. The molecule has 5 fully saturated rings. The van der Waals surface area contributed by atoms with Gasteiger partial charge in [-0.15, -0.1) is 0 Å². The van der Waals surface area contributed by atoms with Crippen LogP contribution in [0.3, 0.4) is 0 Å². The van der Waals surface area contributed by atoms with E-state index in [-0.39, 0.29) is 35.0 Å². The SMILES string of the molecule is CS(=O)(=O)NC1CN(C(=O)CC2(c3ccc(F)cc3)C3CC4CC2CC(O)(C4)C3)C1. The molecule has 2 atom stereocenters. The van der Waals surface area contributed by atoms with Crippen molar-refractivity contribution in [3.05, 3.63) is 35.6 Å². The number of benzene rings is 1. The molecule has 1 aromatic rings. The molecule has 0 spiro atoms. The van der Waals surface area contributed by atoms with Crippen LogP contribution < -0.4 is 4.72 Å². The molecule has 0 aromatic heterocycles. The zero-order valence-electron chi connectivity index (χ0n) is 17.2. The molecule has 6 rings (SSSR count). The second kappa shape index (κ2) is 6.74. The van der Waals surface area contributed by atoms with E-state index in [0.717, 1.165) is 31.1 Å². The first-order chi connectivity index (χ1) is 14.1. The summed E-state index contributed by atoms with van der Waals surface area (Å²) in [6.07, 6.45) is 5.72. The van der Waals surface area contributed by atoms with E-state index in [2.05, 4.69) is 4.72 Å². The minimum absolute atomic E-state index is 0.0188. The third kappa shape index (κ3) is 3.37. The predicted molar refractivity (Wildman–Crippen MR) is 110 cm³/mol. The Balaban J connectivity index is 1.41. The van der Waals surface area contributed by atoms with Crippen LogP contribution in [-0.2, 0) is 20.2 Å². The number of nitrogens with zero attached hydrogens (tertiary/aromatic N) is 1. The lowest BCUT2D eigenvalue weighted by Crippen LogP contribution is -2.65. The van der Waals surface area contributed by atoms with E-state index in [9.17, 15) is 22.7 Å². The number of carbonyl (C=O) groups is 1. The van der Waals surface area contributed by atoms with Gasteiger partial charge in [0.25, 0.3) is 0 Å². The maximum atomic E-state index is 13.7. The van der Waals surface area contributed by atoms with Crippen LogP contribution in [-0.4, -0.2) is 55.3 Å². The lowest BCUT2D eigenvalue weighted by atomic mass is 9.41. The molecule has 6 nitrogen and oxygen atoms in total. The first-order valence-corrected chi connectivity index (χ1v) is 12.7. The molecule has 4 aliphatic carbocycles. The molecule has 30 heavy (non-hydrogen) atoms. The summed E-state index contributed by atoms with van der Waals surface area (Å²) in [5.74, 6) is 0.637. The van der Waals surface area contributed by atoms with E-state index in [4.69, 9.17) is 0 Å². The second-order valence-corrected chi connectivity index (χ2v) is 12.0. The van der Waals surface area contributed by atoms with Crippen molar-refractivity contribution in [1.82, 2.24) is 9.62 Å². The van der Waals surface area contributed by atoms with Crippen molar-refractivity contribution < 1.29 is 22.7 Å². The Morgan fingerprint density at radius 2 is 1.77 bits per heavy atom. The minimum Gasteiger partial charge on any atom is -0.390 e. The van der Waals surface area contributed by atoms with Crippen LogP contribution in [0, 0.1) is 23.6 Å². The molecule has 1 amide bonds. The molecule has 1 aliphatic heterocycles. The highest BCUT2D eigenvalue weighted by atomic mass is 32.2. The van der Waals surface area contributed by atoms with Gasteiger partial charge in [0.15, 0.2) is 0 Å². The summed E-state index contributed by atoms with van der Waals surface area (Å²) in [5, 5.41) is 11.0. The van der Waals surface area contributed by atoms with Gasteiger partial charge in [-0.2, -0.15) is 0 Å². The monoisotopic (exact) mass is 436 g/mol.